The van der Waals surface area contributed by atoms with Gasteiger partial charge in [-0.1, -0.05) is 42.8 Å². The molecule has 0 radical (unpaired) electrons. The standard InChI is InChI=1S/C20H24O2S/c1-22-20(21)7-5-3-4-6-16-8-10-17(11-9-16)18-12-14-19(23-2)15-13-18/h8-15H,3-7H2,1-2H3. The number of thioether (sulfide) groups is 1. The van der Waals surface area contributed by atoms with Crippen molar-refractivity contribution in [3.05, 3.63) is 54.1 Å². The van der Waals surface area contributed by atoms with E-state index >= 15 is 0 Å². The summed E-state index contributed by atoms with van der Waals surface area (Å²) in [5, 5.41) is 0. The SMILES string of the molecule is COC(=O)CCCCCc1ccc(-c2ccc(SC)cc2)cc1. The summed E-state index contributed by atoms with van der Waals surface area (Å²) in [4.78, 5) is 12.3. The molecule has 0 N–H and O–H groups in total. The van der Waals surface area contributed by atoms with Crippen LogP contribution in [0.2, 0.25) is 0 Å². The Morgan fingerprint density at radius 2 is 1.52 bits per heavy atom. The normalized spacial score (nSPS) is 10.5. The number of carbonyl (C=O) groups is 1. The molecule has 2 aromatic rings. The van der Waals surface area contributed by atoms with Crippen molar-refractivity contribution in [2.24, 2.45) is 0 Å². The van der Waals surface area contributed by atoms with E-state index in [-0.39, 0.29) is 5.97 Å². The summed E-state index contributed by atoms with van der Waals surface area (Å²) in [5.41, 5.74) is 3.87. The molecule has 0 saturated heterocycles. The Bertz CT molecular complexity index is 603. The number of carbonyl (C=O) groups excluding carboxylic acids is 1. The van der Waals surface area contributed by atoms with Crippen LogP contribution in [0.1, 0.15) is 31.2 Å². The third-order valence-electron chi connectivity index (χ3n) is 3.95. The van der Waals surface area contributed by atoms with Crippen molar-refractivity contribution in [2.75, 3.05) is 13.4 Å². The molecular formula is C20H24O2S. The number of unbranched alkanes of at least 4 members (excludes halogenated alkanes) is 2. The van der Waals surface area contributed by atoms with Crippen molar-refractivity contribution < 1.29 is 9.53 Å². The van der Waals surface area contributed by atoms with Gasteiger partial charge in [0.05, 0.1) is 7.11 Å². The topological polar surface area (TPSA) is 26.3 Å². The number of hydrogen-bond acceptors (Lipinski definition) is 3. The first-order valence-corrected chi connectivity index (χ1v) is 9.25. The van der Waals surface area contributed by atoms with Gasteiger partial charge in [0.15, 0.2) is 0 Å². The highest BCUT2D eigenvalue weighted by atomic mass is 32.2. The van der Waals surface area contributed by atoms with E-state index in [0.29, 0.717) is 6.42 Å². The molecule has 23 heavy (non-hydrogen) atoms. The zero-order valence-corrected chi connectivity index (χ0v) is 14.7. The molecule has 3 heteroatoms. The Balaban J connectivity index is 1.81. The quantitative estimate of drug-likeness (QED) is 0.371. The number of benzene rings is 2. The van der Waals surface area contributed by atoms with Crippen LogP contribution in [0.15, 0.2) is 53.4 Å². The van der Waals surface area contributed by atoms with Crippen LogP contribution >= 0.6 is 11.8 Å². The number of esters is 1. The number of rotatable bonds is 8. The van der Waals surface area contributed by atoms with Crippen molar-refractivity contribution >= 4 is 17.7 Å². The fraction of sp³-hybridized carbons (Fsp3) is 0.350. The molecule has 0 unspecified atom stereocenters. The zero-order valence-electron chi connectivity index (χ0n) is 13.9. The van der Waals surface area contributed by atoms with Gasteiger partial charge in [-0.2, -0.15) is 0 Å². The molecule has 2 aromatic carbocycles. The van der Waals surface area contributed by atoms with Gasteiger partial charge in [0.1, 0.15) is 0 Å². The van der Waals surface area contributed by atoms with Crippen LogP contribution in [0.5, 0.6) is 0 Å². The minimum absolute atomic E-state index is 0.109. The highest BCUT2D eigenvalue weighted by molar-refractivity contribution is 7.98. The summed E-state index contributed by atoms with van der Waals surface area (Å²) in [6, 6.07) is 17.5. The summed E-state index contributed by atoms with van der Waals surface area (Å²) in [7, 11) is 1.44. The molecule has 0 aliphatic rings. The Labute approximate surface area is 143 Å². The van der Waals surface area contributed by atoms with Gasteiger partial charge in [-0.3, -0.25) is 4.79 Å². The number of ether oxygens (including phenoxy) is 1. The van der Waals surface area contributed by atoms with Crippen molar-refractivity contribution in [3.63, 3.8) is 0 Å². The second-order valence-electron chi connectivity index (χ2n) is 5.56. The molecule has 0 heterocycles. The van der Waals surface area contributed by atoms with E-state index in [1.165, 1.54) is 28.7 Å². The maximum Gasteiger partial charge on any atom is 0.305 e. The Hall–Kier alpha value is -1.74. The number of aryl methyl sites for hydroxylation is 1. The molecule has 0 bridgehead atoms. The molecule has 2 nitrogen and oxygen atoms in total. The van der Waals surface area contributed by atoms with Gasteiger partial charge in [0.2, 0.25) is 0 Å². The molecule has 122 valence electrons. The van der Waals surface area contributed by atoms with E-state index < -0.39 is 0 Å². The predicted molar refractivity (Wildman–Crippen MR) is 97.8 cm³/mol. The highest BCUT2D eigenvalue weighted by Crippen LogP contribution is 2.23. The lowest BCUT2D eigenvalue weighted by atomic mass is 10.0. The van der Waals surface area contributed by atoms with Crippen LogP contribution in [0.4, 0.5) is 0 Å². The molecule has 2 rings (SSSR count). The van der Waals surface area contributed by atoms with E-state index in [4.69, 9.17) is 0 Å². The summed E-state index contributed by atoms with van der Waals surface area (Å²) >= 11 is 1.76. The second kappa shape index (κ2) is 9.41. The number of hydrogen-bond donors (Lipinski definition) is 0. The van der Waals surface area contributed by atoms with Crippen LogP contribution in [-0.4, -0.2) is 19.3 Å². The van der Waals surface area contributed by atoms with Gasteiger partial charge < -0.3 is 4.74 Å². The van der Waals surface area contributed by atoms with Crippen LogP contribution < -0.4 is 0 Å². The monoisotopic (exact) mass is 328 g/mol. The molecule has 0 aromatic heterocycles. The average Bonchev–Trinajstić information content (AvgIpc) is 2.62. The molecular weight excluding hydrogens is 304 g/mol. The molecule has 0 aliphatic carbocycles. The van der Waals surface area contributed by atoms with E-state index in [9.17, 15) is 4.79 Å². The lowest BCUT2D eigenvalue weighted by molar-refractivity contribution is -0.140. The van der Waals surface area contributed by atoms with Gasteiger partial charge in [0.25, 0.3) is 0 Å². The zero-order chi connectivity index (χ0) is 16.5. The van der Waals surface area contributed by atoms with E-state index in [1.807, 2.05) is 0 Å². The highest BCUT2D eigenvalue weighted by Gasteiger charge is 2.01. The van der Waals surface area contributed by atoms with Crippen LogP contribution in [0, 0.1) is 0 Å². The predicted octanol–water partition coefficient (Wildman–Crippen LogP) is 5.35. The minimum atomic E-state index is -0.109. The third kappa shape index (κ3) is 5.76. The Kier molecular flexibility index (Phi) is 7.21. The molecule has 0 spiro atoms. The summed E-state index contributed by atoms with van der Waals surface area (Å²) in [5.74, 6) is -0.109. The van der Waals surface area contributed by atoms with Crippen molar-refractivity contribution in [1.82, 2.24) is 0 Å². The molecule has 0 amide bonds. The van der Waals surface area contributed by atoms with Crippen LogP contribution in [-0.2, 0) is 16.0 Å². The van der Waals surface area contributed by atoms with Gasteiger partial charge in [-0.25, -0.2) is 0 Å². The first-order valence-electron chi connectivity index (χ1n) is 8.03. The summed E-state index contributed by atoms with van der Waals surface area (Å²) in [6.07, 6.45) is 6.77. The molecule has 0 atom stereocenters. The van der Waals surface area contributed by atoms with Crippen molar-refractivity contribution in [2.45, 2.75) is 37.0 Å². The summed E-state index contributed by atoms with van der Waals surface area (Å²) in [6.45, 7) is 0. The summed E-state index contributed by atoms with van der Waals surface area (Å²) < 4.78 is 4.64. The molecule has 0 aliphatic heterocycles. The first kappa shape index (κ1) is 17.6. The van der Waals surface area contributed by atoms with Gasteiger partial charge in [-0.15, -0.1) is 11.8 Å². The smallest absolute Gasteiger partial charge is 0.305 e. The van der Waals surface area contributed by atoms with E-state index in [1.54, 1.807) is 11.8 Å². The largest absolute Gasteiger partial charge is 0.469 e. The fourth-order valence-electron chi connectivity index (χ4n) is 2.52. The second-order valence-corrected chi connectivity index (χ2v) is 6.44. The van der Waals surface area contributed by atoms with E-state index in [2.05, 4.69) is 59.5 Å². The molecule has 0 fully saturated rings. The van der Waals surface area contributed by atoms with Gasteiger partial charge >= 0.3 is 5.97 Å². The van der Waals surface area contributed by atoms with Crippen LogP contribution in [0.25, 0.3) is 11.1 Å². The van der Waals surface area contributed by atoms with E-state index in [0.717, 1.165) is 25.7 Å². The van der Waals surface area contributed by atoms with Crippen LogP contribution in [0.3, 0.4) is 0 Å². The average molecular weight is 328 g/mol. The lowest BCUT2D eigenvalue weighted by Crippen LogP contribution is -1.99. The third-order valence-corrected chi connectivity index (χ3v) is 4.69. The minimum Gasteiger partial charge on any atom is -0.469 e. The lowest BCUT2D eigenvalue weighted by Gasteiger charge is -2.06. The first-order chi connectivity index (χ1) is 11.2. The Morgan fingerprint density at radius 3 is 2.09 bits per heavy atom. The van der Waals surface area contributed by atoms with Gasteiger partial charge in [0, 0.05) is 11.3 Å². The van der Waals surface area contributed by atoms with Crippen molar-refractivity contribution in [1.29, 1.82) is 0 Å². The fourth-order valence-corrected chi connectivity index (χ4v) is 2.93. The maximum atomic E-state index is 11.0. The number of methoxy groups -OCH3 is 1. The van der Waals surface area contributed by atoms with Gasteiger partial charge in [-0.05, 0) is 54.3 Å². The Morgan fingerprint density at radius 1 is 0.913 bits per heavy atom. The molecule has 0 saturated carbocycles. The van der Waals surface area contributed by atoms with Crippen molar-refractivity contribution in [3.8, 4) is 11.1 Å². The maximum absolute atomic E-state index is 11.0.